The molecule has 0 saturated carbocycles. The van der Waals surface area contributed by atoms with Gasteiger partial charge < -0.3 is 19.0 Å². The first kappa shape index (κ1) is 19.3. The summed E-state index contributed by atoms with van der Waals surface area (Å²) in [5.41, 5.74) is 2.97. The molecule has 0 aliphatic carbocycles. The van der Waals surface area contributed by atoms with Crippen molar-refractivity contribution in [3.8, 4) is 5.69 Å². The molecule has 0 radical (unpaired) electrons. The molecule has 1 N–H and O–H groups in total. The molecule has 0 bridgehead atoms. The van der Waals surface area contributed by atoms with Crippen LogP contribution in [0.25, 0.3) is 11.8 Å². The molecule has 1 aliphatic rings. The minimum Gasteiger partial charge on any atom is -0.463 e. The Bertz CT molecular complexity index is 1170. The van der Waals surface area contributed by atoms with Gasteiger partial charge in [-0.15, -0.1) is 0 Å². The minimum atomic E-state index is -0.629. The van der Waals surface area contributed by atoms with E-state index in [9.17, 15) is 14.4 Å². The van der Waals surface area contributed by atoms with Gasteiger partial charge in [-0.05, 0) is 48.9 Å². The number of benzene rings is 1. The Hall–Kier alpha value is -4.07. The number of carbonyl (C=O) groups excluding carboxylic acids is 3. The second-order valence-corrected chi connectivity index (χ2v) is 6.73. The van der Waals surface area contributed by atoms with Crippen molar-refractivity contribution >= 4 is 24.0 Å². The van der Waals surface area contributed by atoms with Gasteiger partial charge in [0.15, 0.2) is 0 Å². The highest BCUT2D eigenvalue weighted by molar-refractivity contribution is 6.13. The summed E-state index contributed by atoms with van der Waals surface area (Å²) in [6.45, 7) is 1.90. The standard InChI is InChI=1S/C22H19N3O5/c1-14-6-3-4-8-18(14)24-11-5-7-15(24)12-17-20(26)25(22(28)23-17)13-16-9-10-19(30-16)21(27)29-2/h3-12H,13H2,1-2H3,(H,23,28)/b17-12-. The smallest absolute Gasteiger partial charge is 0.373 e. The summed E-state index contributed by atoms with van der Waals surface area (Å²) in [5.74, 6) is -0.806. The summed E-state index contributed by atoms with van der Waals surface area (Å²) >= 11 is 0. The maximum absolute atomic E-state index is 12.8. The van der Waals surface area contributed by atoms with Gasteiger partial charge in [0.1, 0.15) is 11.5 Å². The van der Waals surface area contributed by atoms with Gasteiger partial charge >= 0.3 is 12.0 Å². The molecule has 0 atom stereocenters. The number of furan rings is 1. The highest BCUT2D eigenvalue weighted by atomic mass is 16.5. The van der Waals surface area contributed by atoms with Gasteiger partial charge in [-0.2, -0.15) is 0 Å². The molecule has 1 fully saturated rings. The first-order valence-corrected chi connectivity index (χ1v) is 9.23. The summed E-state index contributed by atoms with van der Waals surface area (Å²) in [4.78, 5) is 37.7. The first-order valence-electron chi connectivity index (χ1n) is 9.23. The number of urea groups is 1. The molecule has 3 heterocycles. The van der Waals surface area contributed by atoms with Gasteiger partial charge in [0.05, 0.1) is 13.7 Å². The SMILES string of the molecule is COC(=O)c1ccc(CN2C(=O)N/C(=C\c3cccn3-c3ccccc3C)C2=O)o1. The van der Waals surface area contributed by atoms with E-state index in [1.54, 1.807) is 6.08 Å². The molecule has 152 valence electrons. The Balaban J connectivity index is 1.57. The number of aryl methyl sites for hydroxylation is 1. The lowest BCUT2D eigenvalue weighted by atomic mass is 10.2. The Kier molecular flexibility index (Phi) is 4.97. The Labute approximate surface area is 172 Å². The highest BCUT2D eigenvalue weighted by Crippen LogP contribution is 2.22. The molecule has 2 aromatic heterocycles. The van der Waals surface area contributed by atoms with Crippen LogP contribution in [0, 0.1) is 6.92 Å². The number of esters is 1. The fourth-order valence-corrected chi connectivity index (χ4v) is 3.26. The van der Waals surface area contributed by atoms with Crippen LogP contribution in [0.4, 0.5) is 4.79 Å². The molecule has 30 heavy (non-hydrogen) atoms. The molecule has 4 rings (SSSR count). The molecule has 3 aromatic rings. The average molecular weight is 405 g/mol. The topological polar surface area (TPSA) is 93.8 Å². The van der Waals surface area contributed by atoms with Crippen molar-refractivity contribution in [2.45, 2.75) is 13.5 Å². The van der Waals surface area contributed by atoms with E-state index in [0.29, 0.717) is 5.76 Å². The van der Waals surface area contributed by atoms with E-state index in [1.807, 2.05) is 54.1 Å². The third-order valence-corrected chi connectivity index (χ3v) is 4.77. The van der Waals surface area contributed by atoms with Crippen LogP contribution in [0.15, 0.2) is 64.8 Å². The van der Waals surface area contributed by atoms with Gasteiger partial charge in [-0.25, -0.2) is 9.59 Å². The van der Waals surface area contributed by atoms with Crippen LogP contribution >= 0.6 is 0 Å². The van der Waals surface area contributed by atoms with Crippen molar-refractivity contribution < 1.29 is 23.5 Å². The molecule has 0 unspecified atom stereocenters. The van der Waals surface area contributed by atoms with Crippen molar-refractivity contribution in [1.82, 2.24) is 14.8 Å². The third-order valence-electron chi connectivity index (χ3n) is 4.77. The predicted octanol–water partition coefficient (Wildman–Crippen LogP) is 3.26. The monoisotopic (exact) mass is 405 g/mol. The van der Waals surface area contributed by atoms with Crippen molar-refractivity contribution in [2.24, 2.45) is 0 Å². The fraction of sp³-hybridized carbons (Fsp3) is 0.136. The summed E-state index contributed by atoms with van der Waals surface area (Å²) in [7, 11) is 1.24. The Morgan fingerprint density at radius 3 is 2.70 bits per heavy atom. The second kappa shape index (κ2) is 7.75. The number of carbonyl (C=O) groups is 3. The quantitative estimate of drug-likeness (QED) is 0.400. The van der Waals surface area contributed by atoms with E-state index in [2.05, 4.69) is 10.1 Å². The van der Waals surface area contributed by atoms with Crippen LogP contribution in [-0.2, 0) is 16.1 Å². The number of hydrogen-bond donors (Lipinski definition) is 1. The van der Waals surface area contributed by atoms with E-state index >= 15 is 0 Å². The molecule has 0 spiro atoms. The zero-order valence-corrected chi connectivity index (χ0v) is 16.4. The number of rotatable bonds is 5. The first-order chi connectivity index (χ1) is 14.5. The van der Waals surface area contributed by atoms with Crippen LogP contribution < -0.4 is 5.32 Å². The van der Waals surface area contributed by atoms with Crippen molar-refractivity contribution in [3.05, 3.63) is 83.2 Å². The Morgan fingerprint density at radius 2 is 1.93 bits per heavy atom. The van der Waals surface area contributed by atoms with Crippen LogP contribution in [0.3, 0.4) is 0 Å². The summed E-state index contributed by atoms with van der Waals surface area (Å²) in [6.07, 6.45) is 3.53. The van der Waals surface area contributed by atoms with Crippen molar-refractivity contribution in [1.29, 1.82) is 0 Å². The number of hydrogen-bond acceptors (Lipinski definition) is 5. The minimum absolute atomic E-state index is 0.00591. The lowest BCUT2D eigenvalue weighted by Gasteiger charge is -2.10. The lowest BCUT2D eigenvalue weighted by Crippen LogP contribution is -2.30. The number of ether oxygens (including phenoxy) is 1. The lowest BCUT2D eigenvalue weighted by molar-refractivity contribution is -0.123. The Morgan fingerprint density at radius 1 is 1.13 bits per heavy atom. The predicted molar refractivity (Wildman–Crippen MR) is 108 cm³/mol. The van der Waals surface area contributed by atoms with Gasteiger partial charge in [-0.1, -0.05) is 18.2 Å². The molecule has 1 saturated heterocycles. The van der Waals surface area contributed by atoms with Gasteiger partial charge in [0.2, 0.25) is 5.76 Å². The summed E-state index contributed by atoms with van der Waals surface area (Å²) in [6, 6.07) is 14.0. The second-order valence-electron chi connectivity index (χ2n) is 6.73. The third kappa shape index (κ3) is 3.50. The zero-order chi connectivity index (χ0) is 21.3. The number of nitrogens with zero attached hydrogens (tertiary/aromatic N) is 2. The largest absolute Gasteiger partial charge is 0.463 e. The van der Waals surface area contributed by atoms with E-state index in [-0.39, 0.29) is 18.0 Å². The maximum atomic E-state index is 12.8. The number of aromatic nitrogens is 1. The van der Waals surface area contributed by atoms with Gasteiger partial charge in [0.25, 0.3) is 5.91 Å². The van der Waals surface area contributed by atoms with Crippen LogP contribution in [-0.4, -0.2) is 34.5 Å². The van der Waals surface area contributed by atoms with Crippen LogP contribution in [0.1, 0.15) is 27.6 Å². The fourth-order valence-electron chi connectivity index (χ4n) is 3.26. The van der Waals surface area contributed by atoms with Crippen LogP contribution in [0.2, 0.25) is 0 Å². The van der Waals surface area contributed by atoms with Gasteiger partial charge in [-0.3, -0.25) is 9.69 Å². The average Bonchev–Trinajstić information content (AvgIpc) is 3.45. The molecule has 8 nitrogen and oxygen atoms in total. The molecular weight excluding hydrogens is 386 g/mol. The van der Waals surface area contributed by atoms with Crippen molar-refractivity contribution in [2.75, 3.05) is 7.11 Å². The van der Waals surface area contributed by atoms with E-state index < -0.39 is 17.9 Å². The van der Waals surface area contributed by atoms with E-state index in [0.717, 1.165) is 21.8 Å². The number of nitrogens with one attached hydrogen (secondary N) is 1. The zero-order valence-electron chi connectivity index (χ0n) is 16.4. The normalized spacial score (nSPS) is 15.0. The van der Waals surface area contributed by atoms with E-state index in [1.165, 1.54) is 19.2 Å². The number of methoxy groups -OCH3 is 1. The van der Waals surface area contributed by atoms with Gasteiger partial charge in [0, 0.05) is 17.6 Å². The molecular formula is C22H19N3O5. The summed E-state index contributed by atoms with van der Waals surface area (Å²) < 4.78 is 11.9. The molecule has 1 aromatic carbocycles. The number of para-hydroxylation sites is 1. The maximum Gasteiger partial charge on any atom is 0.373 e. The van der Waals surface area contributed by atoms with E-state index in [4.69, 9.17) is 4.42 Å². The number of imide groups is 1. The van der Waals surface area contributed by atoms with Crippen molar-refractivity contribution in [3.63, 3.8) is 0 Å². The molecule has 1 aliphatic heterocycles. The highest BCUT2D eigenvalue weighted by Gasteiger charge is 2.34. The van der Waals surface area contributed by atoms with Crippen LogP contribution in [0.5, 0.6) is 0 Å². The molecule has 8 heteroatoms. The summed E-state index contributed by atoms with van der Waals surface area (Å²) in [5, 5.41) is 2.60. The molecule has 3 amide bonds. The number of amides is 3.